The minimum atomic E-state index is -0.279. The fourth-order valence-corrected chi connectivity index (χ4v) is 5.09. The summed E-state index contributed by atoms with van der Waals surface area (Å²) in [5, 5.41) is 4.65. The van der Waals surface area contributed by atoms with Gasteiger partial charge in [0.05, 0.1) is 12.5 Å². The molecule has 29 heavy (non-hydrogen) atoms. The molecule has 0 saturated heterocycles. The van der Waals surface area contributed by atoms with Crippen molar-refractivity contribution in [3.63, 3.8) is 0 Å². The molecule has 0 saturated carbocycles. The molecule has 0 fully saturated rings. The Labute approximate surface area is 176 Å². The van der Waals surface area contributed by atoms with Gasteiger partial charge < -0.3 is 4.74 Å². The van der Waals surface area contributed by atoms with Gasteiger partial charge in [-0.25, -0.2) is 4.98 Å². The first-order valence-electron chi connectivity index (χ1n) is 9.28. The van der Waals surface area contributed by atoms with E-state index < -0.39 is 0 Å². The summed E-state index contributed by atoms with van der Waals surface area (Å²) in [6.45, 7) is 2.42. The summed E-state index contributed by atoms with van der Waals surface area (Å²) in [4.78, 5) is 31.7. The van der Waals surface area contributed by atoms with Gasteiger partial charge in [0.15, 0.2) is 0 Å². The normalized spacial score (nSPS) is 11.1. The second-order valence-electron chi connectivity index (χ2n) is 6.75. The van der Waals surface area contributed by atoms with E-state index in [4.69, 9.17) is 9.72 Å². The van der Waals surface area contributed by atoms with Crippen LogP contribution in [0.25, 0.3) is 32.0 Å². The lowest BCUT2D eigenvalue weighted by Crippen LogP contribution is -2.24. The summed E-state index contributed by atoms with van der Waals surface area (Å²) < 4.78 is 6.43. The lowest BCUT2D eigenvalue weighted by molar-refractivity contribution is -0.140. The third kappa shape index (κ3) is 3.88. The predicted molar refractivity (Wildman–Crippen MR) is 119 cm³/mol. The summed E-state index contributed by atoms with van der Waals surface area (Å²) in [5.41, 5.74) is 2.85. The second-order valence-corrected chi connectivity index (χ2v) is 8.55. The first kappa shape index (κ1) is 19.5. The smallest absolute Gasteiger partial charge is 0.305 e. The highest BCUT2D eigenvalue weighted by Crippen LogP contribution is 2.34. The molecule has 0 spiro atoms. The fourth-order valence-electron chi connectivity index (χ4n) is 3.33. The van der Waals surface area contributed by atoms with Gasteiger partial charge in [-0.3, -0.25) is 14.2 Å². The standard InChI is InChI=1S/C22H20N2O3S2/c1-14-6-3-7-15(12-14)20-23-21-19(16(13-29-21)17-8-5-11-28-17)22(26)24(20)10-4-9-18(25)27-2/h3,5-8,11-13H,4,9-10H2,1-2H3. The van der Waals surface area contributed by atoms with E-state index in [2.05, 4.69) is 0 Å². The highest BCUT2D eigenvalue weighted by Gasteiger charge is 2.18. The van der Waals surface area contributed by atoms with Crippen molar-refractivity contribution < 1.29 is 9.53 Å². The molecule has 7 heteroatoms. The van der Waals surface area contributed by atoms with E-state index >= 15 is 0 Å². The third-order valence-electron chi connectivity index (χ3n) is 4.75. The molecule has 3 aromatic heterocycles. The Balaban J connectivity index is 1.88. The van der Waals surface area contributed by atoms with Gasteiger partial charge in [-0.15, -0.1) is 22.7 Å². The minimum absolute atomic E-state index is 0.0685. The highest BCUT2D eigenvalue weighted by molar-refractivity contribution is 7.18. The molecule has 3 heterocycles. The Bertz CT molecular complexity index is 1220. The molecule has 148 valence electrons. The van der Waals surface area contributed by atoms with Crippen LogP contribution in [0.3, 0.4) is 0 Å². The number of ether oxygens (including phenoxy) is 1. The van der Waals surface area contributed by atoms with Crippen molar-refractivity contribution in [1.82, 2.24) is 9.55 Å². The number of methoxy groups -OCH3 is 1. The molecular weight excluding hydrogens is 404 g/mol. The number of carbonyl (C=O) groups is 1. The molecular formula is C22H20N2O3S2. The number of esters is 1. The van der Waals surface area contributed by atoms with Gasteiger partial charge in [0.2, 0.25) is 0 Å². The molecule has 0 N–H and O–H groups in total. The van der Waals surface area contributed by atoms with Crippen LogP contribution in [0.4, 0.5) is 0 Å². The van der Waals surface area contributed by atoms with Gasteiger partial charge in [0, 0.05) is 34.3 Å². The van der Waals surface area contributed by atoms with Gasteiger partial charge in [-0.1, -0.05) is 29.8 Å². The van der Waals surface area contributed by atoms with Gasteiger partial charge in [-0.2, -0.15) is 0 Å². The van der Waals surface area contributed by atoms with Crippen molar-refractivity contribution >= 4 is 38.9 Å². The van der Waals surface area contributed by atoms with Crippen LogP contribution in [0, 0.1) is 6.92 Å². The van der Waals surface area contributed by atoms with E-state index in [9.17, 15) is 9.59 Å². The minimum Gasteiger partial charge on any atom is -0.469 e. The van der Waals surface area contributed by atoms with Crippen LogP contribution >= 0.6 is 22.7 Å². The lowest BCUT2D eigenvalue weighted by atomic mass is 10.1. The number of aromatic nitrogens is 2. The van der Waals surface area contributed by atoms with Crippen molar-refractivity contribution in [3.05, 3.63) is 63.1 Å². The fraction of sp³-hybridized carbons (Fsp3) is 0.227. The van der Waals surface area contributed by atoms with Crippen molar-refractivity contribution in [3.8, 4) is 21.8 Å². The van der Waals surface area contributed by atoms with Crippen LogP contribution in [-0.2, 0) is 16.1 Å². The Morgan fingerprint density at radius 3 is 2.79 bits per heavy atom. The van der Waals surface area contributed by atoms with Crippen molar-refractivity contribution in [2.75, 3.05) is 7.11 Å². The number of carbonyl (C=O) groups excluding carboxylic acids is 1. The lowest BCUT2D eigenvalue weighted by Gasteiger charge is -2.13. The maximum atomic E-state index is 13.5. The maximum absolute atomic E-state index is 13.5. The quantitative estimate of drug-likeness (QED) is 0.403. The van der Waals surface area contributed by atoms with E-state index in [0.717, 1.165) is 26.4 Å². The van der Waals surface area contributed by atoms with Crippen LogP contribution in [0.5, 0.6) is 0 Å². The van der Waals surface area contributed by atoms with Crippen LogP contribution in [0.1, 0.15) is 18.4 Å². The molecule has 0 aliphatic rings. The van der Waals surface area contributed by atoms with Crippen molar-refractivity contribution in [2.45, 2.75) is 26.3 Å². The molecule has 0 atom stereocenters. The van der Waals surface area contributed by atoms with E-state index in [1.54, 1.807) is 15.9 Å². The number of aryl methyl sites for hydroxylation is 1. The molecule has 1 aromatic carbocycles. The van der Waals surface area contributed by atoms with Crippen LogP contribution in [0.2, 0.25) is 0 Å². The molecule has 4 aromatic rings. The molecule has 0 aliphatic heterocycles. The Morgan fingerprint density at radius 2 is 2.07 bits per heavy atom. The Kier molecular flexibility index (Phi) is 5.60. The average Bonchev–Trinajstić information content (AvgIpc) is 3.38. The molecule has 4 rings (SSSR count). The largest absolute Gasteiger partial charge is 0.469 e. The van der Waals surface area contributed by atoms with Gasteiger partial charge >= 0.3 is 5.97 Å². The topological polar surface area (TPSA) is 61.2 Å². The van der Waals surface area contributed by atoms with Gasteiger partial charge in [0.1, 0.15) is 10.7 Å². The van der Waals surface area contributed by atoms with Crippen LogP contribution < -0.4 is 5.56 Å². The summed E-state index contributed by atoms with van der Waals surface area (Å²) in [6.07, 6.45) is 0.771. The zero-order valence-corrected chi connectivity index (χ0v) is 17.8. The number of nitrogens with zero attached hydrogens (tertiary/aromatic N) is 2. The number of hydrogen-bond acceptors (Lipinski definition) is 6. The number of rotatable bonds is 6. The zero-order chi connectivity index (χ0) is 20.4. The predicted octanol–water partition coefficient (Wildman–Crippen LogP) is 5.12. The average molecular weight is 425 g/mol. The van der Waals surface area contributed by atoms with Gasteiger partial charge in [-0.05, 0) is 30.9 Å². The third-order valence-corrected chi connectivity index (χ3v) is 6.52. The van der Waals surface area contributed by atoms with Crippen molar-refractivity contribution in [1.29, 1.82) is 0 Å². The monoisotopic (exact) mass is 424 g/mol. The summed E-state index contributed by atoms with van der Waals surface area (Å²) in [7, 11) is 1.37. The number of thiophene rings is 2. The zero-order valence-electron chi connectivity index (χ0n) is 16.2. The second kappa shape index (κ2) is 8.31. The van der Waals surface area contributed by atoms with Crippen LogP contribution in [-0.4, -0.2) is 22.6 Å². The Morgan fingerprint density at radius 1 is 1.21 bits per heavy atom. The number of benzene rings is 1. The molecule has 0 unspecified atom stereocenters. The molecule has 0 radical (unpaired) electrons. The molecule has 0 aliphatic carbocycles. The molecule has 0 amide bonds. The van der Waals surface area contributed by atoms with Crippen LogP contribution in [0.15, 0.2) is 52.0 Å². The summed E-state index contributed by atoms with van der Waals surface area (Å²) in [5.74, 6) is 0.356. The molecule has 5 nitrogen and oxygen atoms in total. The molecule has 0 bridgehead atoms. The number of hydrogen-bond donors (Lipinski definition) is 0. The number of fused-ring (bicyclic) bond motifs is 1. The van der Waals surface area contributed by atoms with Gasteiger partial charge in [0.25, 0.3) is 5.56 Å². The summed E-state index contributed by atoms with van der Waals surface area (Å²) in [6, 6.07) is 12.0. The van der Waals surface area contributed by atoms with E-state index in [1.807, 2.05) is 54.1 Å². The maximum Gasteiger partial charge on any atom is 0.305 e. The summed E-state index contributed by atoms with van der Waals surface area (Å²) >= 11 is 3.10. The SMILES string of the molecule is COC(=O)CCCn1c(-c2cccc(C)c2)nc2scc(-c3cccs3)c2c1=O. The highest BCUT2D eigenvalue weighted by atomic mass is 32.1. The first-order chi connectivity index (χ1) is 14.1. The first-order valence-corrected chi connectivity index (χ1v) is 11.0. The van der Waals surface area contributed by atoms with E-state index in [0.29, 0.717) is 24.2 Å². The van der Waals surface area contributed by atoms with E-state index in [1.165, 1.54) is 18.4 Å². The van der Waals surface area contributed by atoms with E-state index in [-0.39, 0.29) is 17.9 Å². The van der Waals surface area contributed by atoms with Crippen molar-refractivity contribution in [2.24, 2.45) is 0 Å². The Hall–Kier alpha value is -2.77.